The van der Waals surface area contributed by atoms with E-state index in [2.05, 4.69) is 216 Å². The molecule has 0 atom stereocenters. The Hall–Kier alpha value is -11.0. The second kappa shape index (κ2) is 17.3. The molecule has 17 rings (SSSR count). The number of hydrogen-bond acceptors (Lipinski definition) is 8. The lowest BCUT2D eigenvalue weighted by molar-refractivity contribution is 0.619. The Morgan fingerprint density at radius 1 is 0.225 bits per heavy atom. The Kier molecular flexibility index (Phi) is 9.54. The first kappa shape index (κ1) is 44.2. The molecule has 0 fully saturated rings. The highest BCUT2D eigenvalue weighted by Gasteiger charge is 2.22. The fourth-order valence-corrected chi connectivity index (χ4v) is 11.8. The molecule has 4 aromatic heterocycles. The zero-order valence-electron chi connectivity index (χ0n) is 42.7. The van der Waals surface area contributed by atoms with Gasteiger partial charge in [0.05, 0.1) is 0 Å². The summed E-state index contributed by atoms with van der Waals surface area (Å²) in [6, 6.07) is 89.2. The van der Waals surface area contributed by atoms with Crippen molar-refractivity contribution >= 4 is 143 Å². The summed E-state index contributed by atoms with van der Waals surface area (Å²) >= 11 is 0. The average Bonchev–Trinajstić information content (AvgIpc) is 4.43. The van der Waals surface area contributed by atoms with Crippen LogP contribution in [0.2, 0.25) is 0 Å². The van der Waals surface area contributed by atoms with Crippen LogP contribution in [-0.4, -0.2) is 9.97 Å². The van der Waals surface area contributed by atoms with E-state index in [0.717, 1.165) is 122 Å². The largest absolute Gasteiger partial charge is 0.456 e. The molecule has 8 nitrogen and oxygen atoms in total. The minimum absolute atomic E-state index is 0.585. The molecule has 8 heteroatoms. The predicted molar refractivity (Wildman–Crippen MR) is 326 cm³/mol. The van der Waals surface area contributed by atoms with Gasteiger partial charge in [0.1, 0.15) is 33.4 Å². The molecule has 0 unspecified atom stereocenters. The van der Waals surface area contributed by atoms with Crippen LogP contribution < -0.4 is 9.80 Å². The predicted octanol–water partition coefficient (Wildman–Crippen LogP) is 20.7. The van der Waals surface area contributed by atoms with E-state index in [0.29, 0.717) is 11.8 Å². The van der Waals surface area contributed by atoms with Crippen molar-refractivity contribution in [2.24, 2.45) is 0 Å². The van der Waals surface area contributed by atoms with E-state index in [1.165, 1.54) is 32.3 Å². The van der Waals surface area contributed by atoms with Crippen molar-refractivity contribution in [1.29, 1.82) is 0 Å². The molecule has 0 bridgehead atoms. The molecular formula is C72H42N4O4. The van der Waals surface area contributed by atoms with Gasteiger partial charge in [-0.2, -0.15) is 0 Å². The van der Waals surface area contributed by atoms with Crippen molar-refractivity contribution in [2.75, 3.05) is 9.80 Å². The zero-order valence-corrected chi connectivity index (χ0v) is 42.7. The van der Waals surface area contributed by atoms with Gasteiger partial charge in [0, 0.05) is 78.9 Å². The van der Waals surface area contributed by atoms with E-state index >= 15 is 0 Å². The van der Waals surface area contributed by atoms with Crippen molar-refractivity contribution in [3.63, 3.8) is 0 Å². The molecule has 17 aromatic rings. The summed E-state index contributed by atoms with van der Waals surface area (Å²) in [6.07, 6.45) is 0. The van der Waals surface area contributed by atoms with Crippen LogP contribution >= 0.6 is 0 Å². The highest BCUT2D eigenvalue weighted by atomic mass is 16.4. The molecule has 0 amide bonds. The Bertz CT molecular complexity index is 4940. The van der Waals surface area contributed by atoms with Crippen LogP contribution in [0.15, 0.2) is 272 Å². The third kappa shape index (κ3) is 7.23. The minimum atomic E-state index is 0.585. The Morgan fingerprint density at radius 3 is 0.988 bits per heavy atom. The number of hydrogen-bond donors (Lipinski definition) is 0. The summed E-state index contributed by atoms with van der Waals surface area (Å²) in [6.45, 7) is 0. The Labute approximate surface area is 456 Å². The lowest BCUT2D eigenvalue weighted by Crippen LogP contribution is -2.09. The van der Waals surface area contributed by atoms with Gasteiger partial charge in [-0.1, -0.05) is 84.9 Å². The molecule has 80 heavy (non-hydrogen) atoms. The molecule has 0 N–H and O–H groups in total. The Balaban J connectivity index is 0.757. The monoisotopic (exact) mass is 1030 g/mol. The van der Waals surface area contributed by atoms with Crippen LogP contribution in [0, 0.1) is 0 Å². The summed E-state index contributed by atoms with van der Waals surface area (Å²) in [4.78, 5) is 14.1. The van der Waals surface area contributed by atoms with E-state index in [4.69, 9.17) is 27.6 Å². The van der Waals surface area contributed by atoms with Gasteiger partial charge >= 0.3 is 0 Å². The van der Waals surface area contributed by atoms with Crippen LogP contribution in [0.4, 0.5) is 34.1 Å². The van der Waals surface area contributed by atoms with Crippen LogP contribution in [-0.2, 0) is 0 Å². The molecule has 0 radical (unpaired) electrons. The van der Waals surface area contributed by atoms with Gasteiger partial charge in [0.2, 0.25) is 11.8 Å². The van der Waals surface area contributed by atoms with Crippen molar-refractivity contribution in [1.82, 2.24) is 9.97 Å². The smallest absolute Gasteiger partial charge is 0.227 e. The number of nitrogens with zero attached hydrogens (tertiary/aromatic N) is 4. The first-order valence-corrected chi connectivity index (χ1v) is 26.7. The maximum absolute atomic E-state index is 6.86. The number of fused-ring (bicyclic) bond motifs is 12. The maximum Gasteiger partial charge on any atom is 0.227 e. The molecule has 13 aromatic carbocycles. The SMILES string of the molecule is c1ccc2cc3cc(N(c4ccc(-c5nc6ccccc6o5)cc4)c4ccc5c(c4)oc4cc6c(cc45)oc4cc(N(c5ccc(-c7nc8ccccc8o7)cc5)c5ccc7cc8ccccc8cc7c5)ccc46)ccc3cc2c1. The number of para-hydroxylation sites is 4. The number of aromatic nitrogens is 2. The molecule has 374 valence electrons. The third-order valence-electron chi connectivity index (χ3n) is 15.8. The third-order valence-corrected chi connectivity index (χ3v) is 15.8. The van der Waals surface area contributed by atoms with E-state index in [9.17, 15) is 0 Å². The molecule has 0 saturated heterocycles. The van der Waals surface area contributed by atoms with Gasteiger partial charge in [-0.05, 0) is 201 Å². The van der Waals surface area contributed by atoms with Gasteiger partial charge in [-0.3, -0.25) is 0 Å². The first-order valence-electron chi connectivity index (χ1n) is 26.7. The summed E-state index contributed by atoms with van der Waals surface area (Å²) in [5.41, 5.74) is 14.0. The van der Waals surface area contributed by atoms with Crippen molar-refractivity contribution < 1.29 is 17.7 Å². The second-order valence-electron chi connectivity index (χ2n) is 20.6. The van der Waals surface area contributed by atoms with E-state index in [1.54, 1.807) is 0 Å². The topological polar surface area (TPSA) is 84.8 Å². The Morgan fingerprint density at radius 2 is 0.562 bits per heavy atom. The number of anilines is 6. The van der Waals surface area contributed by atoms with Gasteiger partial charge in [0.25, 0.3) is 0 Å². The number of furan rings is 2. The normalized spacial score (nSPS) is 12.0. The standard InChI is InChI=1S/C72H42N4O4/c1-3-11-47-35-51-37-55(27-21-49(51)33-45(47)9-1)75(53-23-17-43(18-24-53)71-73-63-13-5-7-15-65(63)79-71)57-29-31-59-61-41-70-62(42-69(61)77-67(59)39-57)60-32-30-58(40-68(60)78-70)76(56-28-22-50-34-46-10-2-4-12-48(46)36-52(50)38-56)54-25-19-44(20-26-54)72-74-64-14-6-8-16-66(64)80-72/h1-42H. The van der Waals surface area contributed by atoms with Gasteiger partial charge in [-0.15, -0.1) is 0 Å². The number of oxazole rings is 2. The first-order chi connectivity index (χ1) is 39.5. The second-order valence-corrected chi connectivity index (χ2v) is 20.6. The molecule has 0 saturated carbocycles. The highest BCUT2D eigenvalue weighted by molar-refractivity contribution is 6.16. The molecule has 4 heterocycles. The molecule has 0 spiro atoms. The average molecular weight is 1030 g/mol. The quantitative estimate of drug-likeness (QED) is 0.139. The van der Waals surface area contributed by atoms with E-state index in [1.807, 2.05) is 48.5 Å². The van der Waals surface area contributed by atoms with Crippen molar-refractivity contribution in [3.05, 3.63) is 255 Å². The highest BCUT2D eigenvalue weighted by Crippen LogP contribution is 2.45. The van der Waals surface area contributed by atoms with Crippen LogP contribution in [0.25, 0.3) is 132 Å². The lowest BCUT2D eigenvalue weighted by Gasteiger charge is -2.26. The van der Waals surface area contributed by atoms with Crippen molar-refractivity contribution in [2.45, 2.75) is 0 Å². The van der Waals surface area contributed by atoms with Gasteiger partial charge in [0.15, 0.2) is 11.2 Å². The molecule has 0 aliphatic carbocycles. The summed E-state index contributed by atoms with van der Waals surface area (Å²) in [7, 11) is 0. The summed E-state index contributed by atoms with van der Waals surface area (Å²) in [5, 5.41) is 13.5. The van der Waals surface area contributed by atoms with Gasteiger partial charge in [-0.25, -0.2) is 9.97 Å². The van der Waals surface area contributed by atoms with E-state index < -0.39 is 0 Å². The van der Waals surface area contributed by atoms with Crippen molar-refractivity contribution in [3.8, 4) is 22.9 Å². The van der Waals surface area contributed by atoms with E-state index in [-0.39, 0.29) is 0 Å². The lowest BCUT2D eigenvalue weighted by atomic mass is 10.0. The molecule has 0 aliphatic heterocycles. The zero-order chi connectivity index (χ0) is 52.4. The fraction of sp³-hybridized carbons (Fsp3) is 0. The number of benzene rings is 13. The van der Waals surface area contributed by atoms with Crippen LogP contribution in [0.5, 0.6) is 0 Å². The minimum Gasteiger partial charge on any atom is -0.456 e. The van der Waals surface area contributed by atoms with Crippen LogP contribution in [0.1, 0.15) is 0 Å². The number of rotatable bonds is 8. The summed E-state index contributed by atoms with van der Waals surface area (Å²) in [5.74, 6) is 1.17. The van der Waals surface area contributed by atoms with Gasteiger partial charge < -0.3 is 27.5 Å². The summed E-state index contributed by atoms with van der Waals surface area (Å²) < 4.78 is 26.1. The molecule has 0 aliphatic rings. The van der Waals surface area contributed by atoms with Crippen LogP contribution in [0.3, 0.4) is 0 Å². The molecular weight excluding hydrogens is 985 g/mol. The maximum atomic E-state index is 6.86. The fourth-order valence-electron chi connectivity index (χ4n) is 11.8.